The van der Waals surface area contributed by atoms with Crippen LogP contribution in [0.4, 0.5) is 0 Å². The van der Waals surface area contributed by atoms with Gasteiger partial charge in [-0.2, -0.15) is 0 Å². The summed E-state index contributed by atoms with van der Waals surface area (Å²) in [6.45, 7) is 0. The Balaban J connectivity index is 1.04. The maximum Gasteiger partial charge on any atom is 0.164 e. The summed E-state index contributed by atoms with van der Waals surface area (Å²) in [6.07, 6.45) is 0. The molecule has 0 amide bonds. The molecule has 0 unspecified atom stereocenters. The first-order valence-corrected chi connectivity index (χ1v) is 20.0. The summed E-state index contributed by atoms with van der Waals surface area (Å²) in [5.74, 6) is 1.89. The molecule has 0 atom stereocenters. The van der Waals surface area contributed by atoms with Crippen LogP contribution in [0.3, 0.4) is 0 Å². The number of para-hydroxylation sites is 1. The quantitative estimate of drug-likeness (QED) is 0.168. The second-order valence-electron chi connectivity index (χ2n) is 15.5. The molecule has 4 nitrogen and oxygen atoms in total. The van der Waals surface area contributed by atoms with E-state index in [9.17, 15) is 0 Å². The zero-order valence-electron chi connectivity index (χ0n) is 31.6. The summed E-state index contributed by atoms with van der Waals surface area (Å²) in [5.41, 5.74) is 6.75. The first-order chi connectivity index (χ1) is 29.2. The SMILES string of the molecule is c1ccc(-c2nc(-c3ccc(-c4ccc5c(c4)oc4ccccc45)cc3)nc(-c3cc4ccc5cccc6c7cccc8ccc9cccc(c(c3)c4c56)c9c87)n2)cc1. The Morgan fingerprint density at radius 2 is 0.729 bits per heavy atom. The van der Waals surface area contributed by atoms with Crippen molar-refractivity contribution in [1.82, 2.24) is 15.0 Å². The van der Waals surface area contributed by atoms with Crippen molar-refractivity contribution in [2.45, 2.75) is 0 Å². The minimum atomic E-state index is 0.623. The van der Waals surface area contributed by atoms with Crippen LogP contribution in [0.5, 0.6) is 0 Å². The first kappa shape index (κ1) is 32.2. The van der Waals surface area contributed by atoms with Gasteiger partial charge < -0.3 is 4.42 Å². The van der Waals surface area contributed by atoms with Gasteiger partial charge in [-0.05, 0) is 106 Å². The highest BCUT2D eigenvalue weighted by atomic mass is 16.3. The second kappa shape index (κ2) is 12.3. The van der Waals surface area contributed by atoms with Gasteiger partial charge in [0.05, 0.1) is 0 Å². The van der Waals surface area contributed by atoms with E-state index in [1.54, 1.807) is 0 Å². The third-order valence-corrected chi connectivity index (χ3v) is 12.2. The van der Waals surface area contributed by atoms with E-state index in [-0.39, 0.29) is 0 Å². The molecule has 0 aliphatic rings. The Bertz CT molecular complexity index is 3820. The topological polar surface area (TPSA) is 51.8 Å². The lowest BCUT2D eigenvalue weighted by molar-refractivity contribution is 0.669. The molecule has 59 heavy (non-hydrogen) atoms. The van der Waals surface area contributed by atoms with E-state index in [0.717, 1.165) is 55.1 Å². The van der Waals surface area contributed by atoms with Gasteiger partial charge in [-0.15, -0.1) is 0 Å². The Hall–Kier alpha value is -7.95. The summed E-state index contributed by atoms with van der Waals surface area (Å²) >= 11 is 0. The van der Waals surface area contributed by atoms with Crippen LogP contribution < -0.4 is 0 Å². The highest BCUT2D eigenvalue weighted by Gasteiger charge is 2.19. The number of benzene rings is 10. The summed E-state index contributed by atoms with van der Waals surface area (Å²) in [4.78, 5) is 15.6. The van der Waals surface area contributed by atoms with Crippen molar-refractivity contribution < 1.29 is 4.42 Å². The van der Waals surface area contributed by atoms with Gasteiger partial charge in [0.15, 0.2) is 17.5 Å². The van der Waals surface area contributed by atoms with Crippen molar-refractivity contribution in [2.24, 2.45) is 0 Å². The molecule has 13 aromatic rings. The maximum atomic E-state index is 6.22. The normalized spacial score (nSPS) is 12.1. The first-order valence-electron chi connectivity index (χ1n) is 20.0. The van der Waals surface area contributed by atoms with Crippen LogP contribution >= 0.6 is 0 Å². The summed E-state index contributed by atoms with van der Waals surface area (Å²) in [6, 6.07) is 67.0. The van der Waals surface area contributed by atoms with Crippen molar-refractivity contribution >= 4 is 86.6 Å². The molecular weight excluding hydrogens is 719 g/mol. The van der Waals surface area contributed by atoms with Crippen LogP contribution in [0.1, 0.15) is 0 Å². The van der Waals surface area contributed by atoms with E-state index in [1.165, 1.54) is 59.2 Å². The highest BCUT2D eigenvalue weighted by Crippen LogP contribution is 2.44. The summed E-state index contributed by atoms with van der Waals surface area (Å²) < 4.78 is 6.22. The van der Waals surface area contributed by atoms with Crippen molar-refractivity contribution in [2.75, 3.05) is 0 Å². The Morgan fingerprint density at radius 3 is 1.39 bits per heavy atom. The van der Waals surface area contributed by atoms with Gasteiger partial charge in [0.25, 0.3) is 0 Å². The molecule has 0 aliphatic heterocycles. The number of aromatic nitrogens is 3. The van der Waals surface area contributed by atoms with Gasteiger partial charge in [0, 0.05) is 27.5 Å². The maximum absolute atomic E-state index is 6.22. The minimum Gasteiger partial charge on any atom is -0.456 e. The van der Waals surface area contributed by atoms with Crippen LogP contribution in [0, 0.1) is 0 Å². The average molecular weight is 750 g/mol. The van der Waals surface area contributed by atoms with Crippen LogP contribution in [0.25, 0.3) is 132 Å². The molecule has 0 N–H and O–H groups in total. The molecule has 4 heteroatoms. The minimum absolute atomic E-state index is 0.623. The van der Waals surface area contributed by atoms with E-state index in [0.29, 0.717) is 17.5 Å². The predicted octanol–water partition coefficient (Wildman–Crippen LogP) is 14.8. The third-order valence-electron chi connectivity index (χ3n) is 12.2. The molecule has 0 spiro atoms. The van der Waals surface area contributed by atoms with E-state index in [1.807, 2.05) is 30.3 Å². The molecule has 0 saturated carbocycles. The largest absolute Gasteiger partial charge is 0.456 e. The molecule has 11 aromatic carbocycles. The predicted molar refractivity (Wildman–Crippen MR) is 245 cm³/mol. The Morgan fingerprint density at radius 1 is 0.254 bits per heavy atom. The number of furan rings is 1. The number of rotatable bonds is 4. The summed E-state index contributed by atoms with van der Waals surface area (Å²) in [7, 11) is 0. The zero-order chi connectivity index (χ0) is 38.6. The molecule has 0 saturated heterocycles. The molecule has 0 fully saturated rings. The Labute approximate surface area is 338 Å². The van der Waals surface area contributed by atoms with Gasteiger partial charge in [-0.1, -0.05) is 158 Å². The van der Waals surface area contributed by atoms with Crippen LogP contribution in [-0.4, -0.2) is 15.0 Å². The fraction of sp³-hybridized carbons (Fsp3) is 0. The third kappa shape index (κ3) is 4.87. The van der Waals surface area contributed by atoms with E-state index in [4.69, 9.17) is 19.4 Å². The zero-order valence-corrected chi connectivity index (χ0v) is 31.6. The Kier molecular flexibility index (Phi) is 6.69. The van der Waals surface area contributed by atoms with E-state index in [2.05, 4.69) is 158 Å². The van der Waals surface area contributed by atoms with Crippen molar-refractivity contribution in [3.05, 3.63) is 188 Å². The van der Waals surface area contributed by atoms with E-state index >= 15 is 0 Å². The van der Waals surface area contributed by atoms with Gasteiger partial charge in [0.2, 0.25) is 0 Å². The number of hydrogen-bond acceptors (Lipinski definition) is 4. The molecule has 2 heterocycles. The van der Waals surface area contributed by atoms with E-state index < -0.39 is 0 Å². The van der Waals surface area contributed by atoms with Gasteiger partial charge in [-0.3, -0.25) is 0 Å². The highest BCUT2D eigenvalue weighted by molar-refractivity contribution is 6.37. The fourth-order valence-corrected chi connectivity index (χ4v) is 9.48. The van der Waals surface area contributed by atoms with Crippen LogP contribution in [0.15, 0.2) is 192 Å². The molecule has 272 valence electrons. The molecule has 13 rings (SSSR count). The van der Waals surface area contributed by atoms with Crippen LogP contribution in [0.2, 0.25) is 0 Å². The van der Waals surface area contributed by atoms with Crippen molar-refractivity contribution in [1.29, 1.82) is 0 Å². The summed E-state index contributed by atoms with van der Waals surface area (Å²) in [5, 5.41) is 17.1. The number of fused-ring (bicyclic) bond motifs is 5. The smallest absolute Gasteiger partial charge is 0.164 e. The monoisotopic (exact) mass is 749 g/mol. The van der Waals surface area contributed by atoms with Gasteiger partial charge in [0.1, 0.15) is 11.2 Å². The lowest BCUT2D eigenvalue weighted by Crippen LogP contribution is -2.00. The van der Waals surface area contributed by atoms with Crippen LogP contribution in [-0.2, 0) is 0 Å². The number of hydrogen-bond donors (Lipinski definition) is 0. The van der Waals surface area contributed by atoms with Gasteiger partial charge >= 0.3 is 0 Å². The average Bonchev–Trinajstić information content (AvgIpc) is 3.68. The lowest BCUT2D eigenvalue weighted by atomic mass is 9.87. The van der Waals surface area contributed by atoms with Gasteiger partial charge in [-0.25, -0.2) is 15.0 Å². The number of nitrogens with zero attached hydrogens (tertiary/aromatic N) is 3. The van der Waals surface area contributed by atoms with Crippen molar-refractivity contribution in [3.63, 3.8) is 0 Å². The lowest BCUT2D eigenvalue weighted by Gasteiger charge is -2.17. The molecule has 0 bridgehead atoms. The molecule has 2 aromatic heterocycles. The molecule has 0 aliphatic carbocycles. The molecular formula is C55H31N3O. The fourth-order valence-electron chi connectivity index (χ4n) is 9.48. The standard InChI is InChI=1S/C55H31N3O/c1-2-9-36(10-3-1)53-56-54(37-24-19-32(20-25-37)38-27-28-42-41-14-4-5-18-47(41)59-48(42)31-38)58-55(57-53)40-29-39-26-23-35-12-7-16-44-43-15-6-11-33-21-22-34-13-8-17-45(51(34)49(33)43)46(30-40)52(39)50(35)44/h1-31H. The van der Waals surface area contributed by atoms with Crippen molar-refractivity contribution in [3.8, 4) is 45.3 Å². The second-order valence-corrected chi connectivity index (χ2v) is 15.5. The molecule has 0 radical (unpaired) electrons.